The smallest absolute Gasteiger partial charge is 0.329 e. The Balaban J connectivity index is 1.85. The summed E-state index contributed by atoms with van der Waals surface area (Å²) in [7, 11) is 0. The number of carbonyl (C=O) groups excluding carboxylic acids is 2. The van der Waals surface area contributed by atoms with Crippen LogP contribution in [0.1, 0.15) is 54.2 Å². The average molecular weight is 501 g/mol. The molecule has 0 heterocycles. The molecular formula is C29H28N2O6. The summed E-state index contributed by atoms with van der Waals surface area (Å²) in [6.07, 6.45) is 0.847. The van der Waals surface area contributed by atoms with Crippen LogP contribution in [0.2, 0.25) is 0 Å². The summed E-state index contributed by atoms with van der Waals surface area (Å²) in [5.41, 5.74) is 0.713. The molecule has 8 heteroatoms. The van der Waals surface area contributed by atoms with Gasteiger partial charge in [0.2, 0.25) is 0 Å². The second-order valence-corrected chi connectivity index (χ2v) is 9.37. The van der Waals surface area contributed by atoms with Crippen molar-refractivity contribution in [2.24, 2.45) is 0 Å². The molecule has 0 aliphatic rings. The summed E-state index contributed by atoms with van der Waals surface area (Å²) >= 11 is 0. The second-order valence-electron chi connectivity index (χ2n) is 9.37. The van der Waals surface area contributed by atoms with Gasteiger partial charge in [-0.25, -0.2) is 4.79 Å². The van der Waals surface area contributed by atoms with Gasteiger partial charge in [0.1, 0.15) is 23.0 Å². The summed E-state index contributed by atoms with van der Waals surface area (Å²) in [5.74, 6) is 4.47. The second kappa shape index (κ2) is 11.9. The molecule has 3 aromatic rings. The Morgan fingerprint density at radius 1 is 1.03 bits per heavy atom. The number of hydrogen-bond acceptors (Lipinski definition) is 6. The highest BCUT2D eigenvalue weighted by Gasteiger charge is 2.27. The van der Waals surface area contributed by atoms with Crippen LogP contribution in [-0.2, 0) is 16.0 Å². The number of hydrogen-bond donors (Lipinski definition) is 2. The van der Waals surface area contributed by atoms with Crippen LogP contribution in [0.5, 0.6) is 5.75 Å². The quantitative estimate of drug-likeness (QED) is 0.209. The zero-order valence-corrected chi connectivity index (χ0v) is 20.9. The Kier molecular flexibility index (Phi) is 8.64. The first-order valence-electron chi connectivity index (χ1n) is 11.7. The van der Waals surface area contributed by atoms with Crippen molar-refractivity contribution in [3.05, 3.63) is 105 Å². The van der Waals surface area contributed by atoms with Gasteiger partial charge in [-0.1, -0.05) is 42.2 Å². The van der Waals surface area contributed by atoms with Crippen LogP contribution >= 0.6 is 0 Å². The van der Waals surface area contributed by atoms with Crippen LogP contribution in [0.25, 0.3) is 0 Å². The molecule has 0 bridgehead atoms. The van der Waals surface area contributed by atoms with E-state index in [1.807, 2.05) is 30.3 Å². The van der Waals surface area contributed by atoms with Crippen molar-refractivity contribution < 1.29 is 24.4 Å². The van der Waals surface area contributed by atoms with Gasteiger partial charge in [0.15, 0.2) is 0 Å². The highest BCUT2D eigenvalue weighted by atomic mass is 16.6. The fourth-order valence-corrected chi connectivity index (χ4v) is 3.44. The van der Waals surface area contributed by atoms with Gasteiger partial charge in [0.05, 0.1) is 4.92 Å². The van der Waals surface area contributed by atoms with Gasteiger partial charge < -0.3 is 15.2 Å². The third-order valence-electron chi connectivity index (χ3n) is 5.23. The van der Waals surface area contributed by atoms with Crippen LogP contribution in [0.4, 0.5) is 5.69 Å². The standard InChI is InChI=1S/C29H28N2O6/c1-29(2,3)37-28(34)25(17-12-20-7-5-4-6-8-20)30-27(33)23-14-18-26(31(35)36)22(19-23)13-9-21-10-15-24(32)16-11-21/h4-8,10-11,14-16,18-19,25,32H,12,17H2,1-3H3,(H,30,33)/t25-/m0/s1. The Hall–Kier alpha value is -4.64. The van der Waals surface area contributed by atoms with E-state index in [-0.39, 0.29) is 22.6 Å². The minimum atomic E-state index is -0.923. The lowest BCUT2D eigenvalue weighted by Gasteiger charge is -2.24. The minimum Gasteiger partial charge on any atom is -0.508 e. The van der Waals surface area contributed by atoms with Crippen molar-refractivity contribution in [3.8, 4) is 17.6 Å². The SMILES string of the molecule is CC(C)(C)OC(=O)[C@H](CCc1ccccc1)NC(=O)c1ccc([N+](=O)[O-])c(C#Cc2ccc(O)cc2)c1. The maximum absolute atomic E-state index is 13.1. The van der Waals surface area contributed by atoms with E-state index in [1.165, 1.54) is 30.3 Å². The molecule has 0 unspecified atom stereocenters. The van der Waals surface area contributed by atoms with Gasteiger partial charge in [-0.15, -0.1) is 0 Å². The predicted molar refractivity (Wildman–Crippen MR) is 139 cm³/mol. The third-order valence-corrected chi connectivity index (χ3v) is 5.23. The number of ether oxygens (including phenoxy) is 1. The number of esters is 1. The third kappa shape index (κ3) is 8.22. The normalized spacial score (nSPS) is 11.5. The number of phenolic OH excluding ortho intramolecular Hbond substituents is 1. The van der Waals surface area contributed by atoms with Gasteiger partial charge in [-0.05, 0) is 75.6 Å². The van der Waals surface area contributed by atoms with Crippen LogP contribution in [0.15, 0.2) is 72.8 Å². The maximum Gasteiger partial charge on any atom is 0.329 e. The van der Waals surface area contributed by atoms with Crippen LogP contribution in [0.3, 0.4) is 0 Å². The summed E-state index contributed by atoms with van der Waals surface area (Å²) in [4.78, 5) is 36.9. The van der Waals surface area contributed by atoms with Crippen LogP contribution < -0.4 is 5.32 Å². The highest BCUT2D eigenvalue weighted by Crippen LogP contribution is 2.20. The number of carbonyl (C=O) groups is 2. The highest BCUT2D eigenvalue weighted by molar-refractivity contribution is 5.97. The average Bonchev–Trinajstić information content (AvgIpc) is 2.85. The molecular weight excluding hydrogens is 472 g/mol. The van der Waals surface area contributed by atoms with E-state index >= 15 is 0 Å². The lowest BCUT2D eigenvalue weighted by atomic mass is 10.0. The van der Waals surface area contributed by atoms with E-state index in [0.717, 1.165) is 5.56 Å². The van der Waals surface area contributed by atoms with Gasteiger partial charge in [0, 0.05) is 17.2 Å². The van der Waals surface area contributed by atoms with E-state index < -0.39 is 28.4 Å². The van der Waals surface area contributed by atoms with Gasteiger partial charge in [0.25, 0.3) is 11.6 Å². The molecule has 2 N–H and O–H groups in total. The molecule has 0 fully saturated rings. The van der Waals surface area contributed by atoms with Gasteiger partial charge >= 0.3 is 5.97 Å². The van der Waals surface area contributed by atoms with Gasteiger partial charge in [-0.3, -0.25) is 14.9 Å². The molecule has 37 heavy (non-hydrogen) atoms. The molecule has 0 spiro atoms. The van der Waals surface area contributed by atoms with E-state index in [0.29, 0.717) is 18.4 Å². The number of aromatic hydroxyl groups is 1. The van der Waals surface area contributed by atoms with Crippen LogP contribution in [0, 0.1) is 22.0 Å². The lowest BCUT2D eigenvalue weighted by molar-refractivity contribution is -0.385. The number of nitro groups is 1. The number of nitrogens with zero attached hydrogens (tertiary/aromatic N) is 1. The molecule has 190 valence electrons. The fourth-order valence-electron chi connectivity index (χ4n) is 3.44. The molecule has 1 atom stereocenters. The zero-order chi connectivity index (χ0) is 27.0. The summed E-state index contributed by atoms with van der Waals surface area (Å²) in [5, 5.41) is 23.7. The van der Waals surface area contributed by atoms with Crippen LogP contribution in [-0.4, -0.2) is 33.5 Å². The molecule has 8 nitrogen and oxygen atoms in total. The number of benzene rings is 3. The Morgan fingerprint density at radius 2 is 1.70 bits per heavy atom. The summed E-state index contributed by atoms with van der Waals surface area (Å²) < 4.78 is 5.51. The van der Waals surface area contributed by atoms with Crippen molar-refractivity contribution in [3.63, 3.8) is 0 Å². The molecule has 0 aromatic heterocycles. The molecule has 0 saturated carbocycles. The molecule has 0 saturated heterocycles. The van der Waals surface area contributed by atoms with Gasteiger partial charge in [-0.2, -0.15) is 0 Å². The number of nitrogens with one attached hydrogen (secondary N) is 1. The topological polar surface area (TPSA) is 119 Å². The lowest BCUT2D eigenvalue weighted by Crippen LogP contribution is -2.44. The molecule has 0 aliphatic heterocycles. The first kappa shape index (κ1) is 27.0. The molecule has 3 aromatic carbocycles. The summed E-state index contributed by atoms with van der Waals surface area (Å²) in [6, 6.07) is 18.5. The monoisotopic (exact) mass is 500 g/mol. The van der Waals surface area contributed by atoms with E-state index in [4.69, 9.17) is 4.74 Å². The number of nitro benzene ring substituents is 1. The molecule has 0 radical (unpaired) electrons. The summed E-state index contributed by atoms with van der Waals surface area (Å²) in [6.45, 7) is 5.24. The molecule has 3 rings (SSSR count). The minimum absolute atomic E-state index is 0.0452. The molecule has 1 amide bonds. The number of rotatable bonds is 7. The maximum atomic E-state index is 13.1. The number of phenols is 1. The predicted octanol–water partition coefficient (Wildman–Crippen LogP) is 4.77. The van der Waals surface area contributed by atoms with E-state index in [2.05, 4.69) is 17.2 Å². The van der Waals surface area contributed by atoms with Crippen molar-refractivity contribution in [2.45, 2.75) is 45.3 Å². The largest absolute Gasteiger partial charge is 0.508 e. The van der Waals surface area contributed by atoms with Crippen molar-refractivity contribution in [2.75, 3.05) is 0 Å². The fraction of sp³-hybridized carbons (Fsp3) is 0.241. The van der Waals surface area contributed by atoms with Crippen molar-refractivity contribution in [1.29, 1.82) is 0 Å². The Morgan fingerprint density at radius 3 is 2.32 bits per heavy atom. The van der Waals surface area contributed by atoms with E-state index in [1.54, 1.807) is 32.9 Å². The first-order chi connectivity index (χ1) is 17.5. The van der Waals surface area contributed by atoms with Crippen molar-refractivity contribution >= 4 is 17.6 Å². The van der Waals surface area contributed by atoms with Crippen molar-refractivity contribution in [1.82, 2.24) is 5.32 Å². The van der Waals surface area contributed by atoms with E-state index in [9.17, 15) is 24.8 Å². The number of amides is 1. The Labute approximate surface area is 215 Å². The Bertz CT molecular complexity index is 1330. The number of aryl methyl sites for hydroxylation is 1. The first-order valence-corrected chi connectivity index (χ1v) is 11.7. The molecule has 0 aliphatic carbocycles. The zero-order valence-electron chi connectivity index (χ0n) is 20.9.